The minimum absolute atomic E-state index is 0.653. The second-order valence-electron chi connectivity index (χ2n) is 15.7. The fourth-order valence-electron chi connectivity index (χ4n) is 8.86. The van der Waals surface area contributed by atoms with Crippen LogP contribution in [-0.2, 0) is 0 Å². The molecule has 0 saturated heterocycles. The number of nitrogens with zero attached hydrogens (tertiary/aromatic N) is 2. The van der Waals surface area contributed by atoms with Gasteiger partial charge in [0.25, 0.3) is 0 Å². The van der Waals surface area contributed by atoms with Crippen LogP contribution in [0.1, 0.15) is 0 Å². The lowest BCUT2D eigenvalue weighted by molar-refractivity contribution is 0.670. The molecule has 3 heterocycles. The van der Waals surface area contributed by atoms with Gasteiger partial charge in [-0.3, -0.25) is 0 Å². The van der Waals surface area contributed by atoms with Crippen LogP contribution in [0, 0.1) is 0 Å². The van der Waals surface area contributed by atoms with Crippen molar-refractivity contribution in [2.24, 2.45) is 0 Å². The molecule has 0 aliphatic carbocycles. The summed E-state index contributed by atoms with van der Waals surface area (Å²) in [5, 5.41) is 4.34. The van der Waals surface area contributed by atoms with E-state index in [1.807, 2.05) is 42.5 Å². The Hall–Kier alpha value is -8.34. The topological polar surface area (TPSA) is 52.1 Å². The summed E-state index contributed by atoms with van der Waals surface area (Å²) in [6, 6.07) is 76.2. The predicted octanol–water partition coefficient (Wildman–Crippen LogP) is 15.9. The van der Waals surface area contributed by atoms with Crippen molar-refractivity contribution in [3.63, 3.8) is 0 Å². The van der Waals surface area contributed by atoms with Crippen molar-refractivity contribution < 1.29 is 8.83 Å². The summed E-state index contributed by atoms with van der Waals surface area (Å²) < 4.78 is 13.3. The average Bonchev–Trinajstić information content (AvgIpc) is 3.93. The Labute approximate surface area is 358 Å². The van der Waals surface area contributed by atoms with E-state index in [0.29, 0.717) is 5.82 Å². The van der Waals surface area contributed by atoms with Crippen molar-refractivity contribution in [1.82, 2.24) is 9.97 Å². The first-order chi connectivity index (χ1) is 30.7. The molecule has 3 aromatic heterocycles. The minimum atomic E-state index is 0.653. The molecular formula is C58H36N2O2. The third-order valence-electron chi connectivity index (χ3n) is 11.9. The number of furan rings is 2. The van der Waals surface area contributed by atoms with Gasteiger partial charge in [-0.05, 0) is 81.9 Å². The summed E-state index contributed by atoms with van der Waals surface area (Å²) in [5.41, 5.74) is 16.6. The molecule has 0 atom stereocenters. The Morgan fingerprint density at radius 2 is 0.645 bits per heavy atom. The lowest BCUT2D eigenvalue weighted by Crippen LogP contribution is -1.97. The maximum absolute atomic E-state index is 6.63. The molecular weight excluding hydrogens is 757 g/mol. The fourth-order valence-corrected chi connectivity index (χ4v) is 8.86. The molecule has 0 aliphatic rings. The van der Waals surface area contributed by atoms with E-state index in [4.69, 9.17) is 18.8 Å². The highest BCUT2D eigenvalue weighted by Crippen LogP contribution is 2.42. The number of benzene rings is 9. The number of rotatable bonds is 7. The summed E-state index contributed by atoms with van der Waals surface area (Å²) in [4.78, 5) is 10.6. The van der Waals surface area contributed by atoms with Crippen molar-refractivity contribution in [2.45, 2.75) is 0 Å². The first kappa shape index (κ1) is 35.6. The van der Waals surface area contributed by atoms with Crippen molar-refractivity contribution in [2.75, 3.05) is 0 Å². The highest BCUT2D eigenvalue weighted by molar-refractivity contribution is 6.11. The van der Waals surface area contributed by atoms with Gasteiger partial charge >= 0.3 is 0 Å². The van der Waals surface area contributed by atoms with Crippen LogP contribution in [-0.4, -0.2) is 9.97 Å². The van der Waals surface area contributed by atoms with Gasteiger partial charge in [0.05, 0.1) is 11.4 Å². The van der Waals surface area contributed by atoms with Crippen LogP contribution in [0.3, 0.4) is 0 Å². The standard InChI is InChI=1S/C58H36N2O2/c1-3-15-37(16-4-1)39-19-11-20-40(31-39)41-21-12-22-42(32-41)52-36-53(60-58(59-52)38-17-5-2-6-18-38)45-34-43(46-25-13-27-50-48-23-7-9-29-54(48)61-56(46)50)33-44(35-45)47-26-14-28-51-49-24-8-10-30-55(49)62-57(47)51/h1-36H. The van der Waals surface area contributed by atoms with Crippen LogP contribution in [0.4, 0.5) is 0 Å². The van der Waals surface area contributed by atoms with E-state index in [1.54, 1.807) is 0 Å². The maximum atomic E-state index is 6.63. The summed E-state index contributed by atoms with van der Waals surface area (Å²) >= 11 is 0. The molecule has 12 aromatic rings. The molecule has 12 rings (SSSR count). The average molecular weight is 793 g/mol. The lowest BCUT2D eigenvalue weighted by atomic mass is 9.93. The lowest BCUT2D eigenvalue weighted by Gasteiger charge is -2.14. The van der Waals surface area contributed by atoms with Gasteiger partial charge in [-0.25, -0.2) is 9.97 Å². The fraction of sp³-hybridized carbons (Fsp3) is 0. The summed E-state index contributed by atoms with van der Waals surface area (Å²) in [6.45, 7) is 0. The second-order valence-corrected chi connectivity index (χ2v) is 15.7. The molecule has 4 heteroatoms. The number of para-hydroxylation sites is 4. The zero-order chi connectivity index (χ0) is 41.0. The third kappa shape index (κ3) is 6.25. The summed E-state index contributed by atoms with van der Waals surface area (Å²) in [6.07, 6.45) is 0. The van der Waals surface area contributed by atoms with Gasteiger partial charge in [-0.2, -0.15) is 0 Å². The van der Waals surface area contributed by atoms with Crippen LogP contribution in [0.25, 0.3) is 122 Å². The third-order valence-corrected chi connectivity index (χ3v) is 11.9. The van der Waals surface area contributed by atoms with E-state index in [9.17, 15) is 0 Å². The van der Waals surface area contributed by atoms with Crippen LogP contribution in [0.15, 0.2) is 227 Å². The van der Waals surface area contributed by atoms with E-state index < -0.39 is 0 Å². The highest BCUT2D eigenvalue weighted by atomic mass is 16.3. The Morgan fingerprint density at radius 1 is 0.258 bits per heavy atom. The molecule has 9 aromatic carbocycles. The molecule has 0 saturated carbocycles. The first-order valence-corrected chi connectivity index (χ1v) is 20.9. The van der Waals surface area contributed by atoms with Crippen molar-refractivity contribution >= 4 is 43.9 Å². The van der Waals surface area contributed by atoms with Gasteiger partial charge in [0, 0.05) is 49.4 Å². The first-order valence-electron chi connectivity index (χ1n) is 20.9. The molecule has 0 amide bonds. The van der Waals surface area contributed by atoms with E-state index >= 15 is 0 Å². The Bertz CT molecular complexity index is 3510. The van der Waals surface area contributed by atoms with Crippen LogP contribution < -0.4 is 0 Å². The zero-order valence-corrected chi connectivity index (χ0v) is 33.5. The molecule has 0 fully saturated rings. The van der Waals surface area contributed by atoms with Crippen LogP contribution in [0.5, 0.6) is 0 Å². The quantitative estimate of drug-likeness (QED) is 0.161. The Kier molecular flexibility index (Phi) is 8.46. The molecule has 0 bridgehead atoms. The number of hydrogen-bond acceptors (Lipinski definition) is 4. The van der Waals surface area contributed by atoms with Crippen molar-refractivity contribution in [3.05, 3.63) is 218 Å². The normalized spacial score (nSPS) is 11.5. The number of aromatic nitrogens is 2. The minimum Gasteiger partial charge on any atom is -0.455 e. The molecule has 0 unspecified atom stereocenters. The largest absolute Gasteiger partial charge is 0.455 e. The van der Waals surface area contributed by atoms with E-state index in [0.717, 1.165) is 105 Å². The smallest absolute Gasteiger partial charge is 0.160 e. The highest BCUT2D eigenvalue weighted by Gasteiger charge is 2.19. The molecule has 4 nitrogen and oxygen atoms in total. The van der Waals surface area contributed by atoms with E-state index in [2.05, 4.69) is 176 Å². The molecule has 0 N–H and O–H groups in total. The molecule has 62 heavy (non-hydrogen) atoms. The maximum Gasteiger partial charge on any atom is 0.160 e. The Balaban J connectivity index is 1.07. The summed E-state index contributed by atoms with van der Waals surface area (Å²) in [5.74, 6) is 0.653. The number of hydrogen-bond donors (Lipinski definition) is 0. The summed E-state index contributed by atoms with van der Waals surface area (Å²) in [7, 11) is 0. The molecule has 0 aliphatic heterocycles. The number of fused-ring (bicyclic) bond motifs is 6. The van der Waals surface area contributed by atoms with Crippen molar-refractivity contribution in [3.8, 4) is 78.4 Å². The molecule has 0 spiro atoms. The monoisotopic (exact) mass is 792 g/mol. The molecule has 290 valence electrons. The van der Waals surface area contributed by atoms with Gasteiger partial charge < -0.3 is 8.83 Å². The van der Waals surface area contributed by atoms with Gasteiger partial charge in [0.15, 0.2) is 5.82 Å². The van der Waals surface area contributed by atoms with Gasteiger partial charge in [-0.1, -0.05) is 170 Å². The van der Waals surface area contributed by atoms with Gasteiger partial charge in [-0.15, -0.1) is 0 Å². The van der Waals surface area contributed by atoms with Gasteiger partial charge in [0.2, 0.25) is 0 Å². The van der Waals surface area contributed by atoms with E-state index in [1.165, 1.54) is 11.1 Å². The Morgan fingerprint density at radius 3 is 1.23 bits per heavy atom. The van der Waals surface area contributed by atoms with E-state index in [-0.39, 0.29) is 0 Å². The second kappa shape index (κ2) is 14.7. The van der Waals surface area contributed by atoms with Crippen LogP contribution >= 0.6 is 0 Å². The zero-order valence-electron chi connectivity index (χ0n) is 33.5. The van der Waals surface area contributed by atoms with Gasteiger partial charge in [0.1, 0.15) is 22.3 Å². The SMILES string of the molecule is c1ccc(-c2cccc(-c3cccc(-c4cc(-c5cc(-c6cccc7c6oc6ccccc67)cc(-c6cccc7c6oc6ccccc67)c5)nc(-c5ccccc5)n4)c3)c2)cc1. The van der Waals surface area contributed by atoms with Crippen LogP contribution in [0.2, 0.25) is 0 Å². The van der Waals surface area contributed by atoms with Crippen molar-refractivity contribution in [1.29, 1.82) is 0 Å². The predicted molar refractivity (Wildman–Crippen MR) is 255 cm³/mol. The molecule has 0 radical (unpaired) electrons.